The van der Waals surface area contributed by atoms with Crippen molar-refractivity contribution in [1.29, 1.82) is 0 Å². The molecule has 4 heteroatoms. The minimum atomic E-state index is -0.194. The topological polar surface area (TPSA) is 18.5 Å². The van der Waals surface area contributed by atoms with Crippen LogP contribution < -0.4 is 5.43 Å². The largest absolute Gasteiger partial charge is 0.750 e. The molecule has 9 heavy (non-hydrogen) atoms. The molecule has 0 aliphatic carbocycles. The molecule has 1 heterocycles. The van der Waals surface area contributed by atoms with Gasteiger partial charge in [0.2, 0.25) is 0 Å². The van der Waals surface area contributed by atoms with Crippen molar-refractivity contribution in [3.05, 3.63) is 6.67 Å². The molecule has 0 aromatic heterocycles. The maximum atomic E-state index is 5.10. The highest BCUT2D eigenvalue weighted by atomic mass is 32.1. The minimum Gasteiger partial charge on any atom is -0.750 e. The molecule has 1 rings (SSSR count). The number of nitrogens with zero attached hydrogens (tertiary/aromatic N) is 2. The Morgan fingerprint density at radius 2 is 2.56 bits per heavy atom. The fourth-order valence-electron chi connectivity index (χ4n) is 0.618. The molecule has 0 spiro atoms. The fraction of sp³-hybridized carbons (Fsp3) is 0.400. The normalized spacial score (nSPS) is 28.6. The van der Waals surface area contributed by atoms with E-state index >= 15 is 0 Å². The smallest absolute Gasteiger partial charge is 0.137 e. The first kappa shape index (κ1) is 6.75. The lowest BCUT2D eigenvalue weighted by atomic mass is 10.8. The molecule has 0 bridgehead atoms. The Balaban J connectivity index is 2.50. The first-order valence-electron chi connectivity index (χ1n) is 2.48. The van der Waals surface area contributed by atoms with Crippen LogP contribution in [0.15, 0.2) is 0 Å². The van der Waals surface area contributed by atoms with Crippen molar-refractivity contribution in [3.8, 4) is 12.5 Å². The number of nitrogens with one attached hydrogen (secondary N) is 1. The monoisotopic (exact) mass is 141 g/mol. The molecule has 1 aliphatic rings. The van der Waals surface area contributed by atoms with Gasteiger partial charge in [-0.25, -0.2) is 5.01 Å². The second-order valence-electron chi connectivity index (χ2n) is 1.74. The standard InChI is InChI=1S/C5H8N3S/c1-3-8-4-7(2)6-5(8)9/h1,4-6,9H,2H3/p-1. The molecule has 1 aliphatic heterocycles. The Bertz CT molecular complexity index is 142. The molecular formula is C5H7N3S-. The molecule has 1 N–H and O–H groups in total. The Kier molecular flexibility index (Phi) is 1.86. The van der Waals surface area contributed by atoms with Gasteiger partial charge < -0.3 is 17.5 Å². The van der Waals surface area contributed by atoms with E-state index in [2.05, 4.69) is 11.5 Å². The van der Waals surface area contributed by atoms with E-state index in [1.54, 1.807) is 16.6 Å². The number of hydrogen-bond donors (Lipinski definition) is 1. The number of terminal acetylenes is 1. The van der Waals surface area contributed by atoms with Gasteiger partial charge in [0, 0.05) is 13.1 Å². The molecule has 0 aromatic carbocycles. The average molecular weight is 141 g/mol. The maximum Gasteiger partial charge on any atom is 0.137 e. The highest BCUT2D eigenvalue weighted by Gasteiger charge is 2.15. The second-order valence-corrected chi connectivity index (χ2v) is 2.19. The lowest BCUT2D eigenvalue weighted by Gasteiger charge is -2.22. The van der Waals surface area contributed by atoms with E-state index < -0.39 is 0 Å². The van der Waals surface area contributed by atoms with Gasteiger partial charge in [-0.2, -0.15) is 0 Å². The van der Waals surface area contributed by atoms with Gasteiger partial charge in [-0.05, 0) is 5.50 Å². The van der Waals surface area contributed by atoms with Gasteiger partial charge >= 0.3 is 0 Å². The molecule has 1 unspecified atom stereocenters. The Morgan fingerprint density at radius 1 is 1.89 bits per heavy atom. The van der Waals surface area contributed by atoms with Gasteiger partial charge in [0.1, 0.15) is 6.67 Å². The zero-order valence-electron chi connectivity index (χ0n) is 5.03. The summed E-state index contributed by atoms with van der Waals surface area (Å²) in [5.74, 6) is 0. The molecule has 0 saturated carbocycles. The van der Waals surface area contributed by atoms with Crippen LogP contribution in [0.2, 0.25) is 0 Å². The molecule has 1 atom stereocenters. The van der Waals surface area contributed by atoms with Gasteiger partial charge in [-0.1, -0.05) is 6.42 Å². The molecule has 1 saturated heterocycles. The van der Waals surface area contributed by atoms with Crippen LogP contribution in [0, 0.1) is 19.1 Å². The predicted molar refractivity (Wildman–Crippen MR) is 37.0 cm³/mol. The van der Waals surface area contributed by atoms with Crippen molar-refractivity contribution in [2.75, 3.05) is 7.05 Å². The van der Waals surface area contributed by atoms with Crippen LogP contribution in [0.1, 0.15) is 0 Å². The molecule has 0 aromatic rings. The molecule has 49 valence electrons. The van der Waals surface area contributed by atoms with Crippen LogP contribution in [0.4, 0.5) is 0 Å². The van der Waals surface area contributed by atoms with Crippen LogP contribution in [0.25, 0.3) is 0 Å². The lowest BCUT2D eigenvalue weighted by molar-refractivity contribution is 0.350. The third-order valence-electron chi connectivity index (χ3n) is 1.01. The third-order valence-corrected chi connectivity index (χ3v) is 1.35. The Hall–Kier alpha value is -0.370. The molecular weight excluding hydrogens is 134 g/mol. The first-order chi connectivity index (χ1) is 4.24. The van der Waals surface area contributed by atoms with E-state index in [0.29, 0.717) is 0 Å². The van der Waals surface area contributed by atoms with Crippen molar-refractivity contribution in [2.24, 2.45) is 0 Å². The minimum absolute atomic E-state index is 0.194. The Labute approximate surface area is 60.4 Å². The van der Waals surface area contributed by atoms with Crippen LogP contribution in [-0.2, 0) is 12.6 Å². The van der Waals surface area contributed by atoms with Crippen LogP contribution in [0.3, 0.4) is 0 Å². The van der Waals surface area contributed by atoms with Crippen LogP contribution >= 0.6 is 0 Å². The van der Waals surface area contributed by atoms with Crippen molar-refractivity contribution < 1.29 is 0 Å². The SMILES string of the molecule is C#CN1[CH]N(C)NC1[S-]. The van der Waals surface area contributed by atoms with Gasteiger partial charge in [0.15, 0.2) is 0 Å². The Morgan fingerprint density at radius 3 is 2.78 bits per heavy atom. The van der Waals surface area contributed by atoms with Crippen molar-refractivity contribution in [2.45, 2.75) is 5.50 Å². The van der Waals surface area contributed by atoms with Gasteiger partial charge in [-0.15, -0.1) is 0 Å². The summed E-state index contributed by atoms with van der Waals surface area (Å²) in [5, 5.41) is 1.73. The zero-order valence-corrected chi connectivity index (χ0v) is 5.85. The van der Waals surface area contributed by atoms with E-state index in [9.17, 15) is 0 Å². The number of hydrogen-bond acceptors (Lipinski definition) is 4. The lowest BCUT2D eigenvalue weighted by Crippen LogP contribution is -2.32. The van der Waals surface area contributed by atoms with Gasteiger partial charge in [-0.3, -0.25) is 5.43 Å². The summed E-state index contributed by atoms with van der Waals surface area (Å²) < 4.78 is 0. The maximum absolute atomic E-state index is 5.10. The van der Waals surface area contributed by atoms with E-state index in [0.717, 1.165) is 0 Å². The van der Waals surface area contributed by atoms with Crippen molar-refractivity contribution >= 4 is 12.6 Å². The van der Waals surface area contributed by atoms with E-state index in [1.807, 2.05) is 7.05 Å². The number of hydrazine groups is 1. The summed E-state index contributed by atoms with van der Waals surface area (Å²) in [7, 11) is 1.84. The molecule has 1 fully saturated rings. The molecule has 0 amide bonds. The average Bonchev–Trinajstić information content (AvgIpc) is 2.10. The summed E-state index contributed by atoms with van der Waals surface area (Å²) in [6, 6.07) is 2.41. The van der Waals surface area contributed by atoms with E-state index in [1.165, 1.54) is 0 Å². The number of rotatable bonds is 0. The van der Waals surface area contributed by atoms with Gasteiger partial charge in [0.25, 0.3) is 0 Å². The summed E-state index contributed by atoms with van der Waals surface area (Å²) in [4.78, 5) is 1.58. The van der Waals surface area contributed by atoms with Crippen LogP contribution in [0.5, 0.6) is 0 Å². The van der Waals surface area contributed by atoms with Crippen LogP contribution in [-0.4, -0.2) is 22.5 Å². The third kappa shape index (κ3) is 1.30. The first-order valence-corrected chi connectivity index (χ1v) is 2.95. The highest BCUT2D eigenvalue weighted by Crippen LogP contribution is 2.05. The molecule has 3 nitrogen and oxygen atoms in total. The molecule has 1 radical (unpaired) electrons. The van der Waals surface area contributed by atoms with Gasteiger partial charge in [0.05, 0.1) is 0 Å². The van der Waals surface area contributed by atoms with Crippen molar-refractivity contribution in [3.63, 3.8) is 0 Å². The predicted octanol–water partition coefficient (Wildman–Crippen LogP) is -0.721. The summed E-state index contributed by atoms with van der Waals surface area (Å²) in [5.41, 5.74) is 2.70. The van der Waals surface area contributed by atoms with E-state index in [-0.39, 0.29) is 5.50 Å². The van der Waals surface area contributed by atoms with E-state index in [4.69, 9.17) is 19.1 Å². The van der Waals surface area contributed by atoms with Crippen molar-refractivity contribution in [1.82, 2.24) is 15.3 Å². The second kappa shape index (κ2) is 2.48. The summed E-state index contributed by atoms with van der Waals surface area (Å²) in [6.45, 7) is 1.73. The summed E-state index contributed by atoms with van der Waals surface area (Å²) >= 11 is 4.90. The fourth-order valence-corrected chi connectivity index (χ4v) is 0.899. The zero-order chi connectivity index (χ0) is 6.85. The summed E-state index contributed by atoms with van der Waals surface area (Å²) in [6.07, 6.45) is 5.10. The highest BCUT2D eigenvalue weighted by molar-refractivity contribution is 7.59. The quantitative estimate of drug-likeness (QED) is 0.354.